The predicted molar refractivity (Wildman–Crippen MR) is 97.2 cm³/mol. The quantitative estimate of drug-likeness (QED) is 0.937. The summed E-state index contributed by atoms with van der Waals surface area (Å²) >= 11 is 0. The molecule has 0 saturated carbocycles. The number of piperidine rings is 1. The normalized spacial score (nSPS) is 21.0. The minimum atomic E-state index is -0.171. The van der Waals surface area contributed by atoms with Crippen molar-refractivity contribution >= 4 is 5.90 Å². The van der Waals surface area contributed by atoms with Gasteiger partial charge in [-0.25, -0.2) is 4.99 Å². The second-order valence-electron chi connectivity index (χ2n) is 6.29. The Hall–Kier alpha value is -2.55. The largest absolute Gasteiger partial charge is 0.476 e. The average molecular weight is 318 g/mol. The molecule has 122 valence electrons. The molecule has 0 bridgehead atoms. The van der Waals surface area contributed by atoms with E-state index in [4.69, 9.17) is 4.74 Å². The van der Waals surface area contributed by atoms with Gasteiger partial charge in [0.25, 0.3) is 0 Å². The number of nitrogens with zero attached hydrogens (tertiary/aromatic N) is 1. The van der Waals surface area contributed by atoms with E-state index in [2.05, 4.69) is 77.0 Å². The molecule has 0 aliphatic carbocycles. The van der Waals surface area contributed by atoms with Crippen molar-refractivity contribution in [3.05, 3.63) is 83.6 Å². The Balaban J connectivity index is 1.90. The molecule has 2 aromatic rings. The standard InChI is InChI=1S/C21H22N2O/c1-3-8-17(9-4-1)21(18-10-5-2-6-11-18)12-7-13-22-19(21)16-20-23-14-15-24-20/h1-6,8-11,16,22H,7,12-15H2/b19-16-. The third-order valence-corrected chi connectivity index (χ3v) is 4.91. The molecule has 0 amide bonds. The van der Waals surface area contributed by atoms with Crippen LogP contribution in [-0.4, -0.2) is 25.6 Å². The van der Waals surface area contributed by atoms with Crippen LogP contribution in [0, 0.1) is 0 Å². The van der Waals surface area contributed by atoms with Crippen LogP contribution in [0.25, 0.3) is 0 Å². The lowest BCUT2D eigenvalue weighted by Crippen LogP contribution is -2.42. The fraction of sp³-hybridized carbons (Fsp3) is 0.286. The minimum Gasteiger partial charge on any atom is -0.476 e. The van der Waals surface area contributed by atoms with Crippen molar-refractivity contribution in [3.63, 3.8) is 0 Å². The number of hydrogen-bond donors (Lipinski definition) is 1. The summed E-state index contributed by atoms with van der Waals surface area (Å²) in [6.45, 7) is 2.42. The average Bonchev–Trinajstić information content (AvgIpc) is 3.17. The van der Waals surface area contributed by atoms with Gasteiger partial charge in [0.2, 0.25) is 5.90 Å². The van der Waals surface area contributed by atoms with E-state index in [9.17, 15) is 0 Å². The van der Waals surface area contributed by atoms with E-state index in [1.807, 2.05) is 0 Å². The zero-order valence-corrected chi connectivity index (χ0v) is 13.7. The number of allylic oxidation sites excluding steroid dienone is 1. The third-order valence-electron chi connectivity index (χ3n) is 4.91. The summed E-state index contributed by atoms with van der Waals surface area (Å²) in [5, 5.41) is 3.63. The first kappa shape index (κ1) is 15.0. The van der Waals surface area contributed by atoms with E-state index in [0.29, 0.717) is 6.61 Å². The van der Waals surface area contributed by atoms with Gasteiger partial charge in [0, 0.05) is 18.3 Å². The molecule has 1 saturated heterocycles. The first-order valence-electron chi connectivity index (χ1n) is 8.64. The zero-order valence-electron chi connectivity index (χ0n) is 13.7. The van der Waals surface area contributed by atoms with Crippen LogP contribution in [-0.2, 0) is 10.2 Å². The predicted octanol–water partition coefficient (Wildman–Crippen LogP) is 3.67. The van der Waals surface area contributed by atoms with Crippen molar-refractivity contribution in [3.8, 4) is 0 Å². The van der Waals surface area contributed by atoms with Crippen LogP contribution in [0.3, 0.4) is 0 Å². The second kappa shape index (κ2) is 6.52. The Bertz CT molecular complexity index is 710. The van der Waals surface area contributed by atoms with Crippen molar-refractivity contribution in [1.82, 2.24) is 5.32 Å². The minimum absolute atomic E-state index is 0.171. The third kappa shape index (κ3) is 2.60. The molecule has 0 atom stereocenters. The second-order valence-corrected chi connectivity index (χ2v) is 6.29. The molecule has 3 nitrogen and oxygen atoms in total. The van der Waals surface area contributed by atoms with Crippen LogP contribution < -0.4 is 5.32 Å². The lowest BCUT2D eigenvalue weighted by molar-refractivity contribution is 0.348. The van der Waals surface area contributed by atoms with E-state index in [1.54, 1.807) is 0 Å². The van der Waals surface area contributed by atoms with Gasteiger partial charge in [-0.1, -0.05) is 60.7 Å². The smallest absolute Gasteiger partial charge is 0.210 e. The Kier molecular flexibility index (Phi) is 4.08. The van der Waals surface area contributed by atoms with Crippen LogP contribution in [0.15, 0.2) is 77.4 Å². The van der Waals surface area contributed by atoms with Crippen LogP contribution in [0.2, 0.25) is 0 Å². The topological polar surface area (TPSA) is 33.6 Å². The Morgan fingerprint density at radius 3 is 2.21 bits per heavy atom. The molecule has 0 aromatic heterocycles. The molecule has 1 N–H and O–H groups in total. The first-order valence-corrected chi connectivity index (χ1v) is 8.64. The van der Waals surface area contributed by atoms with E-state index in [0.717, 1.165) is 31.8 Å². The maximum atomic E-state index is 5.65. The molecule has 2 aromatic carbocycles. The lowest BCUT2D eigenvalue weighted by atomic mass is 9.67. The van der Waals surface area contributed by atoms with Gasteiger partial charge >= 0.3 is 0 Å². The molecular weight excluding hydrogens is 296 g/mol. The van der Waals surface area contributed by atoms with Gasteiger partial charge in [-0.05, 0) is 24.0 Å². The van der Waals surface area contributed by atoms with Gasteiger partial charge < -0.3 is 10.1 Å². The van der Waals surface area contributed by atoms with Crippen molar-refractivity contribution in [2.75, 3.05) is 19.7 Å². The molecule has 1 fully saturated rings. The van der Waals surface area contributed by atoms with Crippen LogP contribution in [0.4, 0.5) is 0 Å². The summed E-state index contributed by atoms with van der Waals surface area (Å²) in [5.41, 5.74) is 3.64. The highest BCUT2D eigenvalue weighted by atomic mass is 16.5. The summed E-state index contributed by atoms with van der Waals surface area (Å²) in [4.78, 5) is 4.46. The van der Waals surface area contributed by atoms with Gasteiger partial charge in [0.15, 0.2) is 0 Å². The number of hydrogen-bond acceptors (Lipinski definition) is 3. The number of rotatable bonds is 3. The maximum Gasteiger partial charge on any atom is 0.210 e. The van der Waals surface area contributed by atoms with Gasteiger partial charge in [0.05, 0.1) is 12.0 Å². The number of nitrogens with one attached hydrogen (secondary N) is 1. The zero-order chi connectivity index (χ0) is 16.2. The van der Waals surface area contributed by atoms with Gasteiger partial charge in [-0.2, -0.15) is 0 Å². The fourth-order valence-corrected chi connectivity index (χ4v) is 3.81. The monoisotopic (exact) mass is 318 g/mol. The summed E-state index contributed by atoms with van der Waals surface area (Å²) in [6, 6.07) is 21.5. The molecule has 2 heterocycles. The van der Waals surface area contributed by atoms with Gasteiger partial charge in [-0.3, -0.25) is 0 Å². The summed E-state index contributed by atoms with van der Waals surface area (Å²) in [6.07, 6.45) is 4.31. The highest BCUT2D eigenvalue weighted by Gasteiger charge is 2.40. The van der Waals surface area contributed by atoms with E-state index in [-0.39, 0.29) is 5.41 Å². The van der Waals surface area contributed by atoms with Gasteiger partial charge in [-0.15, -0.1) is 0 Å². The number of ether oxygens (including phenoxy) is 1. The number of benzene rings is 2. The van der Waals surface area contributed by atoms with Crippen LogP contribution in [0.1, 0.15) is 24.0 Å². The lowest BCUT2D eigenvalue weighted by Gasteiger charge is -2.41. The molecule has 0 unspecified atom stereocenters. The maximum absolute atomic E-state index is 5.65. The molecule has 2 aliphatic heterocycles. The molecule has 0 spiro atoms. The van der Waals surface area contributed by atoms with Crippen molar-refractivity contribution in [1.29, 1.82) is 0 Å². The Labute approximate surface area is 143 Å². The van der Waals surface area contributed by atoms with Crippen molar-refractivity contribution < 1.29 is 4.74 Å². The Morgan fingerprint density at radius 2 is 1.62 bits per heavy atom. The van der Waals surface area contributed by atoms with E-state index < -0.39 is 0 Å². The van der Waals surface area contributed by atoms with Crippen molar-refractivity contribution in [2.24, 2.45) is 4.99 Å². The molecule has 4 rings (SSSR count). The summed E-state index contributed by atoms with van der Waals surface area (Å²) in [7, 11) is 0. The highest BCUT2D eigenvalue weighted by Crippen LogP contribution is 2.44. The first-order chi connectivity index (χ1) is 11.9. The SMILES string of the molecule is C(/C1=NCCO1)=C1/NCCCC1(c1ccccc1)c1ccccc1. The van der Waals surface area contributed by atoms with E-state index >= 15 is 0 Å². The number of aliphatic imine (C=N–C) groups is 1. The van der Waals surface area contributed by atoms with Crippen molar-refractivity contribution in [2.45, 2.75) is 18.3 Å². The fourth-order valence-electron chi connectivity index (χ4n) is 3.81. The van der Waals surface area contributed by atoms with Crippen LogP contribution >= 0.6 is 0 Å². The van der Waals surface area contributed by atoms with Gasteiger partial charge in [0.1, 0.15) is 6.61 Å². The molecule has 0 radical (unpaired) electrons. The van der Waals surface area contributed by atoms with E-state index in [1.165, 1.54) is 16.8 Å². The summed E-state index contributed by atoms with van der Waals surface area (Å²) in [5.74, 6) is 0.746. The Morgan fingerprint density at radius 1 is 0.958 bits per heavy atom. The molecular formula is C21H22N2O. The van der Waals surface area contributed by atoms with Crippen LogP contribution in [0.5, 0.6) is 0 Å². The summed E-state index contributed by atoms with van der Waals surface area (Å²) < 4.78 is 5.65. The highest BCUT2D eigenvalue weighted by molar-refractivity contribution is 5.90. The molecule has 3 heteroatoms. The molecule has 2 aliphatic rings. The molecule has 24 heavy (non-hydrogen) atoms.